The minimum absolute atomic E-state index is 0.00244. The Morgan fingerprint density at radius 3 is 2.73 bits per heavy atom. The first kappa shape index (κ1) is 19.7. The quantitative estimate of drug-likeness (QED) is 0.411. The Morgan fingerprint density at radius 1 is 1.17 bits per heavy atom. The topological polar surface area (TPSA) is 99.5 Å². The number of hydrogen-bond donors (Lipinski definition) is 3. The Balaban J connectivity index is 1.48. The molecule has 3 heterocycles. The average molecular weight is 427 g/mol. The van der Waals surface area contributed by atoms with Crippen molar-refractivity contribution in [2.24, 2.45) is 7.05 Å². The van der Waals surface area contributed by atoms with E-state index in [0.717, 1.165) is 5.56 Å². The molecule has 0 spiro atoms. The monoisotopic (exact) mass is 426 g/mol. The molecule has 0 bridgehead atoms. The molecule has 3 N–H and O–H groups in total. The number of H-pyrrole nitrogens is 1. The van der Waals surface area contributed by atoms with E-state index in [1.54, 1.807) is 6.07 Å². The maximum atomic E-state index is 13.3. The van der Waals surface area contributed by atoms with Gasteiger partial charge in [0, 0.05) is 25.2 Å². The summed E-state index contributed by atoms with van der Waals surface area (Å²) in [7, 11) is 1.95. The number of rotatable bonds is 6. The molecular weight excluding hydrogens is 409 g/mol. The molecule has 0 aliphatic rings. The molecule has 0 aliphatic heterocycles. The van der Waals surface area contributed by atoms with Crippen LogP contribution in [0, 0.1) is 5.82 Å². The molecule has 1 aromatic carbocycles. The van der Waals surface area contributed by atoms with Crippen LogP contribution in [0.2, 0.25) is 5.02 Å². The number of pyridine rings is 1. The smallest absolute Gasteiger partial charge is 0.272 e. The van der Waals surface area contributed by atoms with Gasteiger partial charge in [-0.05, 0) is 23.3 Å². The molecule has 0 fully saturated rings. The number of carbonyl (C=O) groups excluding carboxylic acids is 1. The summed E-state index contributed by atoms with van der Waals surface area (Å²) >= 11 is 5.78. The molecular formula is C20H18ClFN7O+. The number of hydrogen-bond acceptors (Lipinski definition) is 5. The van der Waals surface area contributed by atoms with Crippen molar-refractivity contribution in [3.8, 4) is 0 Å². The van der Waals surface area contributed by atoms with E-state index in [2.05, 4.69) is 30.8 Å². The lowest BCUT2D eigenvalue weighted by atomic mass is 10.2. The molecule has 0 saturated heterocycles. The first-order valence-electron chi connectivity index (χ1n) is 9.10. The van der Waals surface area contributed by atoms with Crippen molar-refractivity contribution in [2.75, 3.05) is 5.32 Å². The molecule has 8 nitrogen and oxygen atoms in total. The highest BCUT2D eigenvalue weighted by molar-refractivity contribution is 6.30. The van der Waals surface area contributed by atoms with Crippen LogP contribution in [-0.4, -0.2) is 26.1 Å². The molecule has 30 heavy (non-hydrogen) atoms. The molecule has 10 heteroatoms. The van der Waals surface area contributed by atoms with Gasteiger partial charge in [-0.3, -0.25) is 9.89 Å². The van der Waals surface area contributed by atoms with E-state index in [1.807, 2.05) is 36.1 Å². The van der Waals surface area contributed by atoms with Gasteiger partial charge in [-0.15, -0.1) is 0 Å². The number of aromatic amines is 1. The normalized spacial score (nSPS) is 10.9. The van der Waals surface area contributed by atoms with Crippen molar-refractivity contribution in [3.05, 3.63) is 76.7 Å². The second-order valence-electron chi connectivity index (χ2n) is 6.67. The molecule has 152 valence electrons. The number of aromatic nitrogens is 5. The number of halogens is 2. The van der Waals surface area contributed by atoms with Gasteiger partial charge in [-0.2, -0.15) is 5.10 Å². The second kappa shape index (κ2) is 8.42. The van der Waals surface area contributed by atoms with Crippen molar-refractivity contribution < 1.29 is 13.8 Å². The van der Waals surface area contributed by atoms with Crippen molar-refractivity contribution in [3.63, 3.8) is 0 Å². The van der Waals surface area contributed by atoms with E-state index in [1.165, 1.54) is 18.5 Å². The Kier molecular flexibility index (Phi) is 5.53. The molecule has 1 amide bonds. The van der Waals surface area contributed by atoms with Crippen LogP contribution in [0.1, 0.15) is 21.6 Å². The zero-order valence-electron chi connectivity index (χ0n) is 16.0. The van der Waals surface area contributed by atoms with Crippen LogP contribution in [0.15, 0.2) is 49.1 Å². The summed E-state index contributed by atoms with van der Waals surface area (Å²) in [5.74, 6) is -0.389. The molecule has 3 aromatic heterocycles. The molecule has 0 saturated carbocycles. The van der Waals surface area contributed by atoms with Crippen LogP contribution < -0.4 is 15.2 Å². The molecule has 0 unspecified atom stereocenters. The summed E-state index contributed by atoms with van der Waals surface area (Å²) in [5.41, 5.74) is 2.86. The van der Waals surface area contributed by atoms with Crippen LogP contribution in [0.25, 0.3) is 11.0 Å². The van der Waals surface area contributed by atoms with Crippen LogP contribution >= 0.6 is 11.6 Å². The Hall–Kier alpha value is -3.59. The third-order valence-corrected chi connectivity index (χ3v) is 4.80. The van der Waals surface area contributed by atoms with Gasteiger partial charge in [0.2, 0.25) is 0 Å². The predicted octanol–water partition coefficient (Wildman–Crippen LogP) is 2.51. The summed E-state index contributed by atoms with van der Waals surface area (Å²) in [6.07, 6.45) is 5.23. The first-order valence-corrected chi connectivity index (χ1v) is 9.48. The van der Waals surface area contributed by atoms with Crippen molar-refractivity contribution in [2.45, 2.75) is 13.1 Å². The fourth-order valence-corrected chi connectivity index (χ4v) is 3.09. The van der Waals surface area contributed by atoms with Crippen LogP contribution in [-0.2, 0) is 20.1 Å². The SMILES string of the molecule is C[n+]1ccc(CNc2n[nH]c3c(C(=O)NCc4ccc(F)c(Cl)c4)ncnc23)cc1. The molecule has 0 radical (unpaired) electrons. The molecule has 4 aromatic rings. The lowest BCUT2D eigenvalue weighted by Gasteiger charge is -2.06. The van der Waals surface area contributed by atoms with Gasteiger partial charge in [-0.1, -0.05) is 17.7 Å². The van der Waals surface area contributed by atoms with Gasteiger partial charge in [0.05, 0.1) is 5.02 Å². The standard InChI is InChI=1S/C20H17ClFN7O/c1-29-6-4-12(5-7-29)9-23-19-17-16(27-28-19)18(26-11-25-17)20(30)24-10-13-2-3-15(22)14(21)8-13/h2-8,11H,9-10H2,1H3,(H2-,23,24,25,26,27,28,30)/p+1. The zero-order chi connectivity index (χ0) is 21.1. The third-order valence-electron chi connectivity index (χ3n) is 4.51. The van der Waals surface area contributed by atoms with E-state index < -0.39 is 11.7 Å². The van der Waals surface area contributed by atoms with Gasteiger partial charge in [0.1, 0.15) is 30.2 Å². The molecule has 4 rings (SSSR count). The number of amides is 1. The first-order chi connectivity index (χ1) is 14.5. The number of fused-ring (bicyclic) bond motifs is 1. The van der Waals surface area contributed by atoms with Gasteiger partial charge in [0.25, 0.3) is 5.91 Å². The fraction of sp³-hybridized carbons (Fsp3) is 0.150. The highest BCUT2D eigenvalue weighted by Crippen LogP contribution is 2.20. The van der Waals surface area contributed by atoms with Crippen LogP contribution in [0.5, 0.6) is 0 Å². The highest BCUT2D eigenvalue weighted by Gasteiger charge is 2.17. The van der Waals surface area contributed by atoms with E-state index in [9.17, 15) is 9.18 Å². The number of aryl methyl sites for hydroxylation is 1. The number of carbonyl (C=O) groups is 1. The van der Waals surface area contributed by atoms with Crippen LogP contribution in [0.3, 0.4) is 0 Å². The van der Waals surface area contributed by atoms with E-state index in [-0.39, 0.29) is 17.3 Å². The minimum Gasteiger partial charge on any atom is -0.363 e. The van der Waals surface area contributed by atoms with Gasteiger partial charge in [-0.25, -0.2) is 18.9 Å². The Labute approximate surface area is 176 Å². The summed E-state index contributed by atoms with van der Waals surface area (Å²) in [4.78, 5) is 20.9. The summed E-state index contributed by atoms with van der Waals surface area (Å²) in [5, 5.41) is 13.0. The number of nitrogens with one attached hydrogen (secondary N) is 3. The Bertz CT molecular complexity index is 1210. The number of nitrogens with zero attached hydrogens (tertiary/aromatic N) is 4. The third kappa shape index (κ3) is 4.20. The van der Waals surface area contributed by atoms with Gasteiger partial charge < -0.3 is 10.6 Å². The van der Waals surface area contributed by atoms with Crippen LogP contribution in [0.4, 0.5) is 10.2 Å². The second-order valence-corrected chi connectivity index (χ2v) is 7.08. The minimum atomic E-state index is -0.508. The zero-order valence-corrected chi connectivity index (χ0v) is 16.7. The maximum Gasteiger partial charge on any atom is 0.272 e. The lowest BCUT2D eigenvalue weighted by Crippen LogP contribution is -2.26. The summed E-state index contributed by atoms with van der Waals surface area (Å²) in [6, 6.07) is 8.27. The highest BCUT2D eigenvalue weighted by atomic mass is 35.5. The van der Waals surface area contributed by atoms with E-state index in [0.29, 0.717) is 29.0 Å². The Morgan fingerprint density at radius 2 is 1.97 bits per heavy atom. The predicted molar refractivity (Wildman–Crippen MR) is 109 cm³/mol. The van der Waals surface area contributed by atoms with Crippen molar-refractivity contribution in [1.29, 1.82) is 0 Å². The summed E-state index contributed by atoms with van der Waals surface area (Å²) < 4.78 is 15.2. The largest absolute Gasteiger partial charge is 0.363 e. The van der Waals surface area contributed by atoms with E-state index >= 15 is 0 Å². The van der Waals surface area contributed by atoms with Crippen molar-refractivity contribution in [1.82, 2.24) is 25.5 Å². The van der Waals surface area contributed by atoms with Gasteiger partial charge >= 0.3 is 0 Å². The molecule has 0 atom stereocenters. The maximum absolute atomic E-state index is 13.3. The fourth-order valence-electron chi connectivity index (χ4n) is 2.88. The number of anilines is 1. The number of benzene rings is 1. The summed E-state index contributed by atoms with van der Waals surface area (Å²) in [6.45, 7) is 0.729. The van der Waals surface area contributed by atoms with Gasteiger partial charge in [0.15, 0.2) is 23.9 Å². The average Bonchev–Trinajstić information content (AvgIpc) is 3.17. The molecule has 0 aliphatic carbocycles. The van der Waals surface area contributed by atoms with E-state index in [4.69, 9.17) is 11.6 Å². The van der Waals surface area contributed by atoms with Crippen molar-refractivity contribution >= 4 is 34.4 Å². The lowest BCUT2D eigenvalue weighted by molar-refractivity contribution is -0.671.